The first-order valence-corrected chi connectivity index (χ1v) is 4.71. The molecule has 1 rings (SSSR count). The topological polar surface area (TPSA) is 26.0 Å². The van der Waals surface area contributed by atoms with Crippen LogP contribution in [0.15, 0.2) is 12.1 Å². The summed E-state index contributed by atoms with van der Waals surface area (Å²) in [6.07, 6.45) is 0.646. The molecule has 1 aromatic rings. The molecule has 0 aliphatic rings. The molecule has 4 heteroatoms. The van der Waals surface area contributed by atoms with Gasteiger partial charge >= 0.3 is 0 Å². The van der Waals surface area contributed by atoms with Crippen molar-refractivity contribution in [2.45, 2.75) is 19.4 Å². The zero-order valence-electron chi connectivity index (χ0n) is 7.15. The first-order valence-electron chi connectivity index (χ1n) is 3.96. The van der Waals surface area contributed by atoms with E-state index in [1.807, 2.05) is 6.92 Å². The average molecular weight is 222 g/mol. The van der Waals surface area contributed by atoms with Gasteiger partial charge in [0.1, 0.15) is 5.82 Å². The van der Waals surface area contributed by atoms with Crippen LogP contribution in [0.2, 0.25) is 10.0 Å². The molecule has 13 heavy (non-hydrogen) atoms. The number of nitrogens with two attached hydrogens (primary N) is 1. The van der Waals surface area contributed by atoms with Crippen LogP contribution < -0.4 is 5.73 Å². The summed E-state index contributed by atoms with van der Waals surface area (Å²) >= 11 is 11.3. The normalized spacial score (nSPS) is 13.0. The molecule has 1 aromatic carbocycles. The first kappa shape index (κ1) is 10.8. The molecular formula is C9H10Cl2FN. The van der Waals surface area contributed by atoms with Gasteiger partial charge in [-0.1, -0.05) is 30.1 Å². The number of rotatable bonds is 2. The number of benzene rings is 1. The Labute approximate surface area is 86.6 Å². The molecule has 0 fully saturated rings. The maximum Gasteiger partial charge on any atom is 0.146 e. The van der Waals surface area contributed by atoms with Gasteiger partial charge in [-0.25, -0.2) is 4.39 Å². The van der Waals surface area contributed by atoms with Gasteiger partial charge in [0.2, 0.25) is 0 Å². The van der Waals surface area contributed by atoms with Crippen molar-refractivity contribution in [2.75, 3.05) is 0 Å². The maximum atomic E-state index is 13.3. The van der Waals surface area contributed by atoms with Gasteiger partial charge in [-0.2, -0.15) is 0 Å². The lowest BCUT2D eigenvalue weighted by molar-refractivity contribution is 0.576. The minimum atomic E-state index is -0.472. The molecule has 1 atom stereocenters. The molecule has 0 aliphatic carbocycles. The van der Waals surface area contributed by atoms with Crippen molar-refractivity contribution in [1.82, 2.24) is 0 Å². The van der Waals surface area contributed by atoms with E-state index in [1.54, 1.807) is 0 Å². The fourth-order valence-electron chi connectivity index (χ4n) is 1.07. The van der Waals surface area contributed by atoms with Crippen molar-refractivity contribution < 1.29 is 4.39 Å². The third-order valence-electron chi connectivity index (χ3n) is 1.86. The third kappa shape index (κ3) is 2.33. The zero-order valence-corrected chi connectivity index (χ0v) is 8.66. The Kier molecular flexibility index (Phi) is 3.54. The molecule has 0 radical (unpaired) electrons. The highest BCUT2D eigenvalue weighted by Gasteiger charge is 2.13. The van der Waals surface area contributed by atoms with Crippen molar-refractivity contribution in [2.24, 2.45) is 5.73 Å². The molecule has 0 aromatic heterocycles. The predicted octanol–water partition coefficient (Wildman–Crippen LogP) is 3.54. The quantitative estimate of drug-likeness (QED) is 0.761. The van der Waals surface area contributed by atoms with Crippen molar-refractivity contribution in [3.05, 3.63) is 33.6 Å². The third-order valence-corrected chi connectivity index (χ3v) is 2.35. The highest BCUT2D eigenvalue weighted by Crippen LogP contribution is 2.27. The predicted molar refractivity (Wildman–Crippen MR) is 53.6 cm³/mol. The Bertz CT molecular complexity index is 315. The fourth-order valence-corrected chi connectivity index (χ4v) is 1.57. The molecule has 0 saturated carbocycles. The zero-order chi connectivity index (χ0) is 10.0. The smallest absolute Gasteiger partial charge is 0.146 e. The van der Waals surface area contributed by atoms with Crippen LogP contribution in [0.25, 0.3) is 0 Å². The Hall–Kier alpha value is -0.310. The van der Waals surface area contributed by atoms with Gasteiger partial charge in [0.15, 0.2) is 0 Å². The van der Waals surface area contributed by atoms with Gasteiger partial charge in [0.05, 0.1) is 5.02 Å². The summed E-state index contributed by atoms with van der Waals surface area (Å²) in [6, 6.07) is 2.53. The van der Waals surface area contributed by atoms with Crippen molar-refractivity contribution in [3.8, 4) is 0 Å². The maximum absolute atomic E-state index is 13.3. The Balaban J connectivity index is 3.20. The minimum absolute atomic E-state index is 0.0198. The second-order valence-electron chi connectivity index (χ2n) is 2.81. The lowest BCUT2D eigenvalue weighted by atomic mass is 10.1. The SMILES string of the molecule is CCC(N)c1cc(Cl)cc(Cl)c1F. The van der Waals surface area contributed by atoms with Crippen molar-refractivity contribution >= 4 is 23.2 Å². The second-order valence-corrected chi connectivity index (χ2v) is 3.65. The highest BCUT2D eigenvalue weighted by atomic mass is 35.5. The number of hydrogen-bond donors (Lipinski definition) is 1. The van der Waals surface area contributed by atoms with Gasteiger partial charge in [-0.3, -0.25) is 0 Å². The van der Waals surface area contributed by atoms with Crippen molar-refractivity contribution in [3.63, 3.8) is 0 Å². The van der Waals surface area contributed by atoms with E-state index in [-0.39, 0.29) is 11.1 Å². The molecule has 72 valence electrons. The van der Waals surface area contributed by atoms with E-state index in [1.165, 1.54) is 12.1 Å². The first-order chi connectivity index (χ1) is 6.06. The molecule has 1 unspecified atom stereocenters. The van der Waals surface area contributed by atoms with Gasteiger partial charge in [0.25, 0.3) is 0 Å². The fraction of sp³-hybridized carbons (Fsp3) is 0.333. The van der Waals surface area contributed by atoms with E-state index in [9.17, 15) is 4.39 Å². The monoisotopic (exact) mass is 221 g/mol. The van der Waals surface area contributed by atoms with Crippen LogP contribution in [-0.2, 0) is 0 Å². The van der Waals surface area contributed by atoms with E-state index in [0.717, 1.165) is 0 Å². The van der Waals surface area contributed by atoms with Gasteiger partial charge in [0, 0.05) is 16.6 Å². The summed E-state index contributed by atoms with van der Waals surface area (Å²) in [5.41, 5.74) is 6.05. The van der Waals surface area contributed by atoms with Crippen LogP contribution in [0, 0.1) is 5.82 Å². The van der Waals surface area contributed by atoms with E-state index >= 15 is 0 Å². The van der Waals surface area contributed by atoms with Gasteiger partial charge < -0.3 is 5.73 Å². The Morgan fingerprint density at radius 1 is 1.46 bits per heavy atom. The van der Waals surface area contributed by atoms with Crippen LogP contribution in [0.5, 0.6) is 0 Å². The second kappa shape index (κ2) is 4.27. The summed E-state index contributed by atoms with van der Waals surface area (Å²) in [7, 11) is 0. The van der Waals surface area contributed by atoms with Gasteiger partial charge in [-0.15, -0.1) is 0 Å². The summed E-state index contributed by atoms with van der Waals surface area (Å²) in [4.78, 5) is 0. The van der Waals surface area contributed by atoms with E-state index < -0.39 is 5.82 Å². The number of halogens is 3. The number of hydrogen-bond acceptors (Lipinski definition) is 1. The molecule has 0 aliphatic heterocycles. The average Bonchev–Trinajstić information content (AvgIpc) is 2.10. The Morgan fingerprint density at radius 2 is 2.08 bits per heavy atom. The lowest BCUT2D eigenvalue weighted by Crippen LogP contribution is -2.10. The summed E-state index contributed by atoms with van der Waals surface area (Å²) in [5, 5.41) is 0.428. The van der Waals surface area contributed by atoms with E-state index in [4.69, 9.17) is 28.9 Å². The molecule has 0 bridgehead atoms. The van der Waals surface area contributed by atoms with Gasteiger partial charge in [-0.05, 0) is 18.6 Å². The summed E-state index contributed by atoms with van der Waals surface area (Å²) in [6.45, 7) is 1.87. The molecule has 0 spiro atoms. The van der Waals surface area contributed by atoms with Crippen LogP contribution in [-0.4, -0.2) is 0 Å². The van der Waals surface area contributed by atoms with Crippen molar-refractivity contribution in [1.29, 1.82) is 0 Å². The molecule has 0 saturated heterocycles. The molecule has 0 amide bonds. The largest absolute Gasteiger partial charge is 0.324 e. The van der Waals surface area contributed by atoms with Crippen LogP contribution in [0.3, 0.4) is 0 Å². The minimum Gasteiger partial charge on any atom is -0.324 e. The van der Waals surface area contributed by atoms with Crippen LogP contribution >= 0.6 is 23.2 Å². The highest BCUT2D eigenvalue weighted by molar-refractivity contribution is 6.34. The molecule has 0 heterocycles. The standard InChI is InChI=1S/C9H10Cl2FN/c1-2-8(13)6-3-5(10)4-7(11)9(6)12/h3-4,8H,2,13H2,1H3. The molecule has 2 N–H and O–H groups in total. The summed E-state index contributed by atoms with van der Waals surface area (Å²) < 4.78 is 13.3. The van der Waals surface area contributed by atoms with Crippen LogP contribution in [0.1, 0.15) is 24.9 Å². The Morgan fingerprint density at radius 3 is 2.62 bits per heavy atom. The molecule has 1 nitrogen and oxygen atoms in total. The lowest BCUT2D eigenvalue weighted by Gasteiger charge is -2.11. The van der Waals surface area contributed by atoms with E-state index in [2.05, 4.69) is 0 Å². The summed E-state index contributed by atoms with van der Waals surface area (Å²) in [5.74, 6) is -0.472. The van der Waals surface area contributed by atoms with Crippen LogP contribution in [0.4, 0.5) is 4.39 Å². The molecular weight excluding hydrogens is 212 g/mol. The van der Waals surface area contributed by atoms with E-state index in [0.29, 0.717) is 17.0 Å².